The normalized spacial score (nSPS) is 16.6. The van der Waals surface area contributed by atoms with Crippen LogP contribution in [-0.2, 0) is 50.1 Å². The van der Waals surface area contributed by atoms with Gasteiger partial charge >= 0.3 is 5.97 Å². The van der Waals surface area contributed by atoms with E-state index in [1.54, 1.807) is 6.92 Å². The number of carbonyl (C=O) groups excluding carboxylic acids is 1. The van der Waals surface area contributed by atoms with Gasteiger partial charge in [0.25, 0.3) is 0 Å². The van der Waals surface area contributed by atoms with E-state index in [1.807, 2.05) is 24.3 Å². The highest BCUT2D eigenvalue weighted by Crippen LogP contribution is 2.34. The smallest absolute Gasteiger partial charge is 0.307 e. The molecule has 0 radical (unpaired) electrons. The predicted octanol–water partition coefficient (Wildman–Crippen LogP) is 6.22. The molecule has 5 rings (SSSR count). The molecule has 1 aliphatic heterocycles. The molecular weight excluding hydrogens is 546 g/mol. The monoisotopic (exact) mass is 585 g/mol. The summed E-state index contributed by atoms with van der Waals surface area (Å²) in [5.41, 5.74) is 9.67. The van der Waals surface area contributed by atoms with E-state index in [2.05, 4.69) is 53.6 Å². The van der Waals surface area contributed by atoms with E-state index in [0.717, 1.165) is 36.1 Å². The first-order chi connectivity index (χ1) is 20.3. The van der Waals surface area contributed by atoms with Crippen molar-refractivity contribution in [2.75, 3.05) is 23.9 Å². The van der Waals surface area contributed by atoms with Crippen LogP contribution in [0.25, 0.3) is 11.1 Å². The number of hydrogen-bond acceptors (Lipinski definition) is 6. The topological polar surface area (TPSA) is 81.7 Å². The summed E-state index contributed by atoms with van der Waals surface area (Å²) in [4.78, 5) is 11.8. The molecule has 6 nitrogen and oxygen atoms in total. The standard InChI is InChI=1S/C35H39NO5S/c1-3-5-29(22-35(37)40-2)27-11-13-31(14-12-27)36-23-25-8-10-28-6-4-7-30-20-26(9-15-33(30)34(28)21-25)24-41-32-16-18-42(38,39)19-17-32/h8-15,20-21,29,32,36H,4,6-7,16-19,22-24H2,1-2H3/t29-/m0/s1. The number of benzene rings is 3. The Bertz CT molecular complexity index is 1570. The summed E-state index contributed by atoms with van der Waals surface area (Å²) in [5.74, 6) is 6.05. The van der Waals surface area contributed by atoms with Gasteiger partial charge in [0.05, 0.1) is 43.7 Å². The SMILES string of the molecule is CC#C[C@@H](CC(=O)OC)c1ccc(NCc2ccc3c(c2)-c2ccc(COC4CCS(=O)(=O)CC4)cc2CCC3)cc1. The maximum atomic E-state index is 11.8. The van der Waals surface area contributed by atoms with Gasteiger partial charge in [-0.05, 0) is 96.2 Å². The number of nitrogens with one attached hydrogen (secondary N) is 1. The first-order valence-corrected chi connectivity index (χ1v) is 16.5. The molecule has 7 heteroatoms. The molecule has 1 atom stereocenters. The number of fused-ring (bicyclic) bond motifs is 3. The van der Waals surface area contributed by atoms with Gasteiger partial charge in [-0.1, -0.05) is 48.4 Å². The van der Waals surface area contributed by atoms with Gasteiger partial charge in [-0.25, -0.2) is 8.42 Å². The van der Waals surface area contributed by atoms with Gasteiger partial charge in [-0.3, -0.25) is 4.79 Å². The highest BCUT2D eigenvalue weighted by atomic mass is 32.2. The lowest BCUT2D eigenvalue weighted by atomic mass is 9.93. The summed E-state index contributed by atoms with van der Waals surface area (Å²) < 4.78 is 34.4. The van der Waals surface area contributed by atoms with E-state index in [-0.39, 0.29) is 35.9 Å². The Kier molecular flexibility index (Phi) is 9.66. The van der Waals surface area contributed by atoms with Crippen molar-refractivity contribution in [3.63, 3.8) is 0 Å². The van der Waals surface area contributed by atoms with Crippen LogP contribution in [-0.4, -0.2) is 39.1 Å². The van der Waals surface area contributed by atoms with Crippen molar-refractivity contribution in [3.8, 4) is 23.0 Å². The van der Waals surface area contributed by atoms with E-state index in [0.29, 0.717) is 26.0 Å². The lowest BCUT2D eigenvalue weighted by Crippen LogP contribution is -2.28. The zero-order valence-corrected chi connectivity index (χ0v) is 25.3. The van der Waals surface area contributed by atoms with Crippen LogP contribution in [0.15, 0.2) is 60.7 Å². The van der Waals surface area contributed by atoms with Crippen LogP contribution in [0, 0.1) is 11.8 Å². The van der Waals surface area contributed by atoms with Gasteiger partial charge in [-0.2, -0.15) is 0 Å². The second-order valence-corrected chi connectivity index (χ2v) is 13.5. The summed E-state index contributed by atoms with van der Waals surface area (Å²) in [6.45, 7) is 3.00. The highest BCUT2D eigenvalue weighted by Gasteiger charge is 2.24. The molecule has 2 aliphatic rings. The van der Waals surface area contributed by atoms with Gasteiger partial charge in [0, 0.05) is 12.2 Å². The molecule has 3 aromatic rings. The van der Waals surface area contributed by atoms with E-state index < -0.39 is 9.84 Å². The van der Waals surface area contributed by atoms with Crippen LogP contribution < -0.4 is 5.32 Å². The second-order valence-electron chi connectivity index (χ2n) is 11.2. The maximum Gasteiger partial charge on any atom is 0.307 e. The Morgan fingerprint density at radius 1 is 0.952 bits per heavy atom. The summed E-state index contributed by atoms with van der Waals surface area (Å²) in [7, 11) is -1.48. The quantitative estimate of drug-likeness (QED) is 0.237. The number of hydrogen-bond donors (Lipinski definition) is 1. The van der Waals surface area contributed by atoms with Crippen molar-refractivity contribution in [1.29, 1.82) is 0 Å². The zero-order chi connectivity index (χ0) is 29.5. The highest BCUT2D eigenvalue weighted by molar-refractivity contribution is 7.91. The molecule has 1 N–H and O–H groups in total. The number of sulfone groups is 1. The van der Waals surface area contributed by atoms with Crippen molar-refractivity contribution in [1.82, 2.24) is 0 Å². The number of aryl methyl sites for hydroxylation is 2. The lowest BCUT2D eigenvalue weighted by molar-refractivity contribution is -0.140. The average Bonchev–Trinajstić information content (AvgIpc) is 3.18. The third kappa shape index (κ3) is 7.61. The molecule has 42 heavy (non-hydrogen) atoms. The van der Waals surface area contributed by atoms with Crippen LogP contribution in [0.3, 0.4) is 0 Å². The first kappa shape index (κ1) is 29.9. The Morgan fingerprint density at radius 2 is 1.69 bits per heavy atom. The Hall–Kier alpha value is -3.60. The van der Waals surface area contributed by atoms with Crippen molar-refractivity contribution in [2.24, 2.45) is 0 Å². The van der Waals surface area contributed by atoms with Crippen LogP contribution in [0.4, 0.5) is 5.69 Å². The van der Waals surface area contributed by atoms with E-state index in [9.17, 15) is 13.2 Å². The summed E-state index contributed by atoms with van der Waals surface area (Å²) in [5, 5.41) is 3.54. The van der Waals surface area contributed by atoms with Crippen LogP contribution >= 0.6 is 0 Å². The Balaban J connectivity index is 1.24. The minimum absolute atomic E-state index is 0.0191. The lowest BCUT2D eigenvalue weighted by Gasteiger charge is -2.22. The van der Waals surface area contributed by atoms with Crippen LogP contribution in [0.1, 0.15) is 66.3 Å². The minimum atomic E-state index is -2.88. The average molecular weight is 586 g/mol. The molecule has 0 aromatic heterocycles. The Morgan fingerprint density at radius 3 is 2.43 bits per heavy atom. The minimum Gasteiger partial charge on any atom is -0.469 e. The molecule has 1 heterocycles. The third-order valence-electron chi connectivity index (χ3n) is 8.24. The molecule has 1 aliphatic carbocycles. The molecule has 3 aromatic carbocycles. The Labute approximate surface area is 249 Å². The summed E-state index contributed by atoms with van der Waals surface area (Å²) in [6, 6.07) is 21.5. The van der Waals surface area contributed by atoms with Gasteiger partial charge in [0.2, 0.25) is 0 Å². The van der Waals surface area contributed by atoms with Gasteiger partial charge in [0.1, 0.15) is 0 Å². The number of ether oxygens (including phenoxy) is 2. The van der Waals surface area contributed by atoms with E-state index >= 15 is 0 Å². The number of rotatable bonds is 9. The first-order valence-electron chi connectivity index (χ1n) is 14.7. The molecule has 220 valence electrons. The van der Waals surface area contributed by atoms with Crippen molar-refractivity contribution in [2.45, 2.75) is 70.6 Å². The molecule has 0 spiro atoms. The number of carbonyl (C=O) groups is 1. The van der Waals surface area contributed by atoms with E-state index in [4.69, 9.17) is 9.47 Å². The van der Waals surface area contributed by atoms with Gasteiger partial charge < -0.3 is 14.8 Å². The third-order valence-corrected chi connectivity index (χ3v) is 9.96. The zero-order valence-electron chi connectivity index (χ0n) is 24.4. The molecule has 1 saturated heterocycles. The van der Waals surface area contributed by atoms with Gasteiger partial charge in [-0.15, -0.1) is 5.92 Å². The predicted molar refractivity (Wildman–Crippen MR) is 167 cm³/mol. The van der Waals surface area contributed by atoms with Crippen LogP contribution in [0.2, 0.25) is 0 Å². The van der Waals surface area contributed by atoms with Crippen molar-refractivity contribution < 1.29 is 22.7 Å². The largest absolute Gasteiger partial charge is 0.469 e. The molecule has 0 bridgehead atoms. The molecular formula is C35H39NO5S. The van der Waals surface area contributed by atoms with Crippen molar-refractivity contribution >= 4 is 21.5 Å². The molecule has 0 amide bonds. The molecule has 0 saturated carbocycles. The summed E-state index contributed by atoms with van der Waals surface area (Å²) >= 11 is 0. The fraction of sp³-hybridized carbons (Fsp3) is 0.400. The fourth-order valence-corrected chi connectivity index (χ4v) is 7.29. The molecule has 0 unspecified atom stereocenters. The molecule has 1 fully saturated rings. The number of anilines is 1. The van der Waals surface area contributed by atoms with Crippen LogP contribution in [0.5, 0.6) is 0 Å². The maximum absolute atomic E-state index is 11.8. The second kappa shape index (κ2) is 13.6. The van der Waals surface area contributed by atoms with Crippen molar-refractivity contribution in [3.05, 3.63) is 88.5 Å². The van der Waals surface area contributed by atoms with E-state index in [1.165, 1.54) is 34.9 Å². The number of methoxy groups -OCH3 is 1. The van der Waals surface area contributed by atoms with Gasteiger partial charge in [0.15, 0.2) is 9.84 Å². The summed E-state index contributed by atoms with van der Waals surface area (Å²) in [6.07, 6.45) is 4.62. The number of esters is 1. The fourth-order valence-electron chi connectivity index (χ4n) is 5.84.